The van der Waals surface area contributed by atoms with E-state index in [1.54, 1.807) is 6.07 Å². The maximum Gasteiger partial charge on any atom is 0.332 e. The van der Waals surface area contributed by atoms with E-state index >= 15 is 0 Å². The van der Waals surface area contributed by atoms with Crippen LogP contribution in [-0.2, 0) is 10.2 Å². The van der Waals surface area contributed by atoms with Gasteiger partial charge in [-0.15, -0.1) is 3.89 Å². The Morgan fingerprint density at radius 2 is 1.50 bits per heavy atom. The maximum absolute atomic E-state index is 12.4. The molecule has 0 fully saturated rings. The van der Waals surface area contributed by atoms with E-state index in [4.69, 9.17) is 0 Å². The molecular formula is C6H3Br2FO2S. The van der Waals surface area contributed by atoms with Crippen LogP contribution in [-0.4, -0.2) is 8.42 Å². The third kappa shape index (κ3) is 2.53. The molecule has 1 rings (SSSR count). The third-order valence-corrected chi connectivity index (χ3v) is 2.83. The van der Waals surface area contributed by atoms with Crippen molar-refractivity contribution in [2.24, 2.45) is 0 Å². The molecule has 0 N–H and O–H groups in total. The minimum atomic E-state index is -4.61. The van der Waals surface area contributed by atoms with E-state index in [0.717, 1.165) is 0 Å². The molecule has 12 heavy (non-hydrogen) atoms. The highest BCUT2D eigenvalue weighted by Gasteiger charge is 2.12. The average molecular weight is 318 g/mol. The average Bonchev–Trinajstić information content (AvgIpc) is 1.82. The van der Waals surface area contributed by atoms with E-state index in [2.05, 4.69) is 31.9 Å². The van der Waals surface area contributed by atoms with E-state index in [-0.39, 0.29) is 4.90 Å². The van der Waals surface area contributed by atoms with Crippen LogP contribution in [0.25, 0.3) is 0 Å². The zero-order valence-corrected chi connectivity index (χ0v) is 9.58. The molecule has 0 aliphatic heterocycles. The molecule has 0 spiro atoms. The van der Waals surface area contributed by atoms with Gasteiger partial charge in [-0.25, -0.2) is 0 Å². The predicted molar refractivity (Wildman–Crippen MR) is 50.1 cm³/mol. The number of halogens is 3. The molecule has 0 amide bonds. The van der Waals surface area contributed by atoms with E-state index < -0.39 is 10.2 Å². The molecule has 0 unspecified atom stereocenters. The van der Waals surface area contributed by atoms with Crippen molar-refractivity contribution in [3.05, 3.63) is 27.1 Å². The van der Waals surface area contributed by atoms with Gasteiger partial charge < -0.3 is 0 Å². The van der Waals surface area contributed by atoms with Crippen LogP contribution >= 0.6 is 31.9 Å². The summed E-state index contributed by atoms with van der Waals surface area (Å²) in [5.74, 6) is 0. The molecule has 1 aromatic rings. The van der Waals surface area contributed by atoms with Gasteiger partial charge in [-0.2, -0.15) is 8.42 Å². The van der Waals surface area contributed by atoms with Crippen LogP contribution in [0, 0.1) is 0 Å². The molecule has 0 atom stereocenters. The van der Waals surface area contributed by atoms with Crippen LogP contribution in [0.3, 0.4) is 0 Å². The SMILES string of the molecule is O=S(=O)(F)c1cc(Br)cc(Br)c1. The monoisotopic (exact) mass is 316 g/mol. The standard InChI is InChI=1S/C6H3Br2FO2S/c7-4-1-5(8)3-6(2-4)12(9,10)11/h1-3H. The lowest BCUT2D eigenvalue weighted by atomic mass is 10.4. The third-order valence-electron chi connectivity index (χ3n) is 1.12. The quantitative estimate of drug-likeness (QED) is 0.746. The van der Waals surface area contributed by atoms with Gasteiger partial charge in [-0.1, -0.05) is 31.9 Å². The second-order valence-corrected chi connectivity index (χ2v) is 5.22. The lowest BCUT2D eigenvalue weighted by molar-refractivity contribution is 0.552. The summed E-state index contributed by atoms with van der Waals surface area (Å²) in [6.07, 6.45) is 0. The molecule has 6 heteroatoms. The van der Waals surface area contributed by atoms with Crippen LogP contribution in [0.5, 0.6) is 0 Å². The van der Waals surface area contributed by atoms with Gasteiger partial charge in [-0.05, 0) is 18.2 Å². The summed E-state index contributed by atoms with van der Waals surface area (Å²) in [7, 11) is -4.61. The Morgan fingerprint density at radius 1 is 1.08 bits per heavy atom. The van der Waals surface area contributed by atoms with Gasteiger partial charge in [0.15, 0.2) is 0 Å². The van der Waals surface area contributed by atoms with Crippen LogP contribution in [0.15, 0.2) is 32.0 Å². The summed E-state index contributed by atoms with van der Waals surface area (Å²) in [4.78, 5) is -0.358. The number of rotatable bonds is 1. The first-order valence-electron chi connectivity index (χ1n) is 2.80. The van der Waals surface area contributed by atoms with Crippen molar-refractivity contribution in [2.75, 3.05) is 0 Å². The van der Waals surface area contributed by atoms with Crippen molar-refractivity contribution in [3.8, 4) is 0 Å². The molecule has 0 aromatic heterocycles. The van der Waals surface area contributed by atoms with Gasteiger partial charge in [0, 0.05) is 8.95 Å². The fourth-order valence-corrected chi connectivity index (χ4v) is 2.80. The molecule has 0 aliphatic rings. The zero-order chi connectivity index (χ0) is 9.35. The normalized spacial score (nSPS) is 11.6. The van der Waals surface area contributed by atoms with Gasteiger partial charge >= 0.3 is 10.2 Å². The van der Waals surface area contributed by atoms with Crippen molar-refractivity contribution in [1.29, 1.82) is 0 Å². The minimum absolute atomic E-state index is 0.358. The lowest BCUT2D eigenvalue weighted by Gasteiger charge is -1.97. The highest BCUT2D eigenvalue weighted by Crippen LogP contribution is 2.23. The molecule has 2 nitrogen and oxygen atoms in total. The smallest absolute Gasteiger partial charge is 0.189 e. The Balaban J connectivity index is 3.37. The van der Waals surface area contributed by atoms with Gasteiger partial charge in [0.25, 0.3) is 0 Å². The first-order chi connectivity index (χ1) is 5.39. The van der Waals surface area contributed by atoms with Gasteiger partial charge in [0.1, 0.15) is 4.90 Å². The van der Waals surface area contributed by atoms with E-state index in [0.29, 0.717) is 8.95 Å². The Hall–Kier alpha value is 0.0600. The summed E-state index contributed by atoms with van der Waals surface area (Å²) < 4.78 is 34.3. The van der Waals surface area contributed by atoms with Gasteiger partial charge in [0.05, 0.1) is 0 Å². The fraction of sp³-hybridized carbons (Fsp3) is 0. The van der Waals surface area contributed by atoms with Gasteiger partial charge in [0.2, 0.25) is 0 Å². The van der Waals surface area contributed by atoms with E-state index in [9.17, 15) is 12.3 Å². The van der Waals surface area contributed by atoms with Crippen molar-refractivity contribution in [1.82, 2.24) is 0 Å². The molecule has 0 heterocycles. The largest absolute Gasteiger partial charge is 0.332 e. The van der Waals surface area contributed by atoms with Crippen LogP contribution < -0.4 is 0 Å². The second-order valence-electron chi connectivity index (χ2n) is 2.04. The topological polar surface area (TPSA) is 34.1 Å². The predicted octanol–water partition coefficient (Wildman–Crippen LogP) is 2.87. The van der Waals surface area contributed by atoms with Crippen molar-refractivity contribution in [3.63, 3.8) is 0 Å². The molecule has 0 radical (unpaired) electrons. The zero-order valence-electron chi connectivity index (χ0n) is 5.59. The molecule has 0 saturated carbocycles. The van der Waals surface area contributed by atoms with Crippen LogP contribution in [0.1, 0.15) is 0 Å². The minimum Gasteiger partial charge on any atom is -0.189 e. The Labute approximate surface area is 86.3 Å². The van der Waals surface area contributed by atoms with E-state index in [1.807, 2.05) is 0 Å². The summed E-state index contributed by atoms with van der Waals surface area (Å²) in [6.45, 7) is 0. The first-order valence-corrected chi connectivity index (χ1v) is 5.77. The Kier molecular flexibility index (Phi) is 2.90. The molecule has 66 valence electrons. The highest BCUT2D eigenvalue weighted by atomic mass is 79.9. The molecule has 0 saturated heterocycles. The van der Waals surface area contributed by atoms with Crippen molar-refractivity contribution < 1.29 is 12.3 Å². The van der Waals surface area contributed by atoms with Crippen molar-refractivity contribution >= 4 is 42.1 Å². The Morgan fingerprint density at radius 3 is 1.83 bits per heavy atom. The molecule has 0 bridgehead atoms. The van der Waals surface area contributed by atoms with Crippen LogP contribution in [0.2, 0.25) is 0 Å². The number of benzene rings is 1. The summed E-state index contributed by atoms with van der Waals surface area (Å²) >= 11 is 6.09. The van der Waals surface area contributed by atoms with Crippen molar-refractivity contribution in [2.45, 2.75) is 4.90 Å². The van der Waals surface area contributed by atoms with Gasteiger partial charge in [-0.3, -0.25) is 0 Å². The number of hydrogen-bond donors (Lipinski definition) is 0. The first kappa shape index (κ1) is 10.1. The summed E-state index contributed by atoms with van der Waals surface area (Å²) in [5, 5.41) is 0. The maximum atomic E-state index is 12.4. The molecular weight excluding hydrogens is 315 g/mol. The fourth-order valence-electron chi connectivity index (χ4n) is 0.669. The summed E-state index contributed by atoms with van der Waals surface area (Å²) in [6, 6.07) is 4.01. The van der Waals surface area contributed by atoms with E-state index in [1.165, 1.54) is 12.1 Å². The summed E-state index contributed by atoms with van der Waals surface area (Å²) in [5.41, 5.74) is 0. The lowest BCUT2D eigenvalue weighted by Crippen LogP contribution is -1.91. The van der Waals surface area contributed by atoms with Crippen LogP contribution in [0.4, 0.5) is 3.89 Å². The second kappa shape index (κ2) is 3.43. The number of hydrogen-bond acceptors (Lipinski definition) is 2. The molecule has 0 aliphatic carbocycles. The highest BCUT2D eigenvalue weighted by molar-refractivity contribution is 9.11. The molecule has 1 aromatic carbocycles. The Bertz CT molecular complexity index is 382.